The Bertz CT molecular complexity index is 900. The Kier molecular flexibility index (Phi) is 6.71. The largest absolute Gasteiger partial charge is 0.506 e. The van der Waals surface area contributed by atoms with E-state index in [2.05, 4.69) is 10.6 Å². The summed E-state index contributed by atoms with van der Waals surface area (Å²) >= 11 is 5.73. The molecule has 2 amide bonds. The summed E-state index contributed by atoms with van der Waals surface area (Å²) in [6.45, 7) is 2.89. The summed E-state index contributed by atoms with van der Waals surface area (Å²) < 4.78 is 13.9. The number of benzene rings is 2. The number of phenolic OH excluding ortho intramolecular Hbond substituents is 1. The fourth-order valence-electron chi connectivity index (χ4n) is 3.36. The molecule has 3 N–H and O–H groups in total. The monoisotopic (exact) mass is 419 g/mol. The number of nitrogens with one attached hydrogen (secondary N) is 2. The number of carbonyl (C=O) groups excluding carboxylic acids is 2. The van der Waals surface area contributed by atoms with Crippen LogP contribution in [0.25, 0.3) is 0 Å². The standard InChI is InChI=1S/C21H23ClFN3O3/c1-13(20(28)24-17-7-6-15(22)12-16(17)23)26-10-8-14(9-11-26)21(29)25-18-4-2-3-5-19(18)27/h2-7,12-14,27H,8-11H2,1H3,(H,24,28)(H,25,29)/t13-/m0/s1. The molecule has 0 saturated carbocycles. The van der Waals surface area contributed by atoms with Crippen LogP contribution in [0.3, 0.4) is 0 Å². The molecule has 29 heavy (non-hydrogen) atoms. The normalized spacial score (nSPS) is 16.2. The lowest BCUT2D eigenvalue weighted by atomic mass is 9.94. The topological polar surface area (TPSA) is 81.7 Å². The summed E-state index contributed by atoms with van der Waals surface area (Å²) in [5.74, 6) is -1.22. The molecule has 1 atom stereocenters. The molecular weight excluding hydrogens is 397 g/mol. The van der Waals surface area contributed by atoms with Gasteiger partial charge in [0.05, 0.1) is 17.4 Å². The molecule has 0 radical (unpaired) electrons. The predicted molar refractivity (Wildman–Crippen MR) is 111 cm³/mol. The molecule has 8 heteroatoms. The summed E-state index contributed by atoms with van der Waals surface area (Å²) in [7, 11) is 0. The predicted octanol–water partition coefficient (Wildman–Crippen LogP) is 3.86. The second-order valence-corrected chi connectivity index (χ2v) is 7.54. The Morgan fingerprint density at radius 3 is 2.48 bits per heavy atom. The van der Waals surface area contributed by atoms with E-state index in [1.807, 2.05) is 4.90 Å². The molecule has 2 aromatic carbocycles. The highest BCUT2D eigenvalue weighted by molar-refractivity contribution is 6.30. The number of hydrogen-bond acceptors (Lipinski definition) is 4. The smallest absolute Gasteiger partial charge is 0.241 e. The molecule has 0 aromatic heterocycles. The number of para-hydroxylation sites is 2. The Morgan fingerprint density at radius 1 is 1.14 bits per heavy atom. The molecule has 0 bridgehead atoms. The Hall–Kier alpha value is -2.64. The first kappa shape index (κ1) is 21.1. The molecule has 6 nitrogen and oxygen atoms in total. The van der Waals surface area contributed by atoms with Crippen molar-refractivity contribution in [1.82, 2.24) is 4.90 Å². The first-order valence-electron chi connectivity index (χ1n) is 9.44. The third-order valence-electron chi connectivity index (χ3n) is 5.18. The Morgan fingerprint density at radius 2 is 1.83 bits per heavy atom. The van der Waals surface area contributed by atoms with Crippen LogP contribution in [0.2, 0.25) is 5.02 Å². The maximum atomic E-state index is 13.9. The van der Waals surface area contributed by atoms with Gasteiger partial charge < -0.3 is 15.7 Å². The third-order valence-corrected chi connectivity index (χ3v) is 5.41. The lowest BCUT2D eigenvalue weighted by Gasteiger charge is -2.34. The van der Waals surface area contributed by atoms with Gasteiger partial charge >= 0.3 is 0 Å². The van der Waals surface area contributed by atoms with Crippen molar-refractivity contribution >= 4 is 34.8 Å². The molecule has 1 aliphatic heterocycles. The summed E-state index contributed by atoms with van der Waals surface area (Å²) in [6.07, 6.45) is 1.18. The van der Waals surface area contributed by atoms with Crippen molar-refractivity contribution in [2.75, 3.05) is 23.7 Å². The van der Waals surface area contributed by atoms with E-state index in [1.165, 1.54) is 18.2 Å². The quantitative estimate of drug-likeness (QED) is 0.643. The second-order valence-electron chi connectivity index (χ2n) is 7.11. The number of piperidine rings is 1. The molecule has 1 saturated heterocycles. The molecular formula is C21H23ClFN3O3. The van der Waals surface area contributed by atoms with E-state index in [1.54, 1.807) is 25.1 Å². The van der Waals surface area contributed by atoms with Crippen LogP contribution in [-0.4, -0.2) is 41.0 Å². The van der Waals surface area contributed by atoms with E-state index in [-0.39, 0.29) is 34.2 Å². The van der Waals surface area contributed by atoms with Crippen LogP contribution in [0.4, 0.5) is 15.8 Å². The third kappa shape index (κ3) is 5.25. The van der Waals surface area contributed by atoms with Gasteiger partial charge in [0.15, 0.2) is 0 Å². The number of hydrogen-bond donors (Lipinski definition) is 3. The number of phenols is 1. The Labute approximate surface area is 173 Å². The zero-order valence-corrected chi connectivity index (χ0v) is 16.7. The summed E-state index contributed by atoms with van der Waals surface area (Å²) in [6, 6.07) is 10.2. The van der Waals surface area contributed by atoms with E-state index in [4.69, 9.17) is 11.6 Å². The van der Waals surface area contributed by atoms with Crippen LogP contribution in [0.15, 0.2) is 42.5 Å². The first-order valence-corrected chi connectivity index (χ1v) is 9.82. The number of aromatic hydroxyl groups is 1. The van der Waals surface area contributed by atoms with Crippen molar-refractivity contribution in [1.29, 1.82) is 0 Å². The van der Waals surface area contributed by atoms with Gasteiger partial charge in [0.1, 0.15) is 11.6 Å². The van der Waals surface area contributed by atoms with E-state index in [0.717, 1.165) is 6.07 Å². The van der Waals surface area contributed by atoms with E-state index >= 15 is 0 Å². The number of anilines is 2. The first-order chi connectivity index (χ1) is 13.8. The lowest BCUT2D eigenvalue weighted by molar-refractivity contribution is -0.123. The Balaban J connectivity index is 1.52. The van der Waals surface area contributed by atoms with Gasteiger partial charge in [-0.2, -0.15) is 0 Å². The van der Waals surface area contributed by atoms with Gasteiger partial charge in [-0.1, -0.05) is 23.7 Å². The van der Waals surface area contributed by atoms with Gasteiger partial charge in [-0.25, -0.2) is 4.39 Å². The van der Waals surface area contributed by atoms with Gasteiger partial charge in [-0.15, -0.1) is 0 Å². The van der Waals surface area contributed by atoms with Crippen LogP contribution in [0, 0.1) is 11.7 Å². The van der Waals surface area contributed by atoms with E-state index in [9.17, 15) is 19.1 Å². The van der Waals surface area contributed by atoms with Gasteiger partial charge in [0.25, 0.3) is 0 Å². The van der Waals surface area contributed by atoms with Crippen molar-refractivity contribution in [2.45, 2.75) is 25.8 Å². The minimum absolute atomic E-state index is 0.0259. The zero-order chi connectivity index (χ0) is 21.0. The highest BCUT2D eigenvalue weighted by Gasteiger charge is 2.30. The number of rotatable bonds is 5. The molecule has 3 rings (SSSR count). The van der Waals surface area contributed by atoms with E-state index < -0.39 is 11.9 Å². The maximum absolute atomic E-state index is 13.9. The average Bonchev–Trinajstić information content (AvgIpc) is 2.71. The minimum atomic E-state index is -0.586. The van der Waals surface area contributed by atoms with Crippen molar-refractivity contribution in [2.24, 2.45) is 5.92 Å². The number of halogens is 2. The molecule has 1 fully saturated rings. The minimum Gasteiger partial charge on any atom is -0.506 e. The maximum Gasteiger partial charge on any atom is 0.241 e. The number of nitrogens with zero attached hydrogens (tertiary/aromatic N) is 1. The van der Waals surface area contributed by atoms with Crippen molar-refractivity contribution in [3.05, 3.63) is 53.3 Å². The van der Waals surface area contributed by atoms with Gasteiger partial charge in [-0.3, -0.25) is 14.5 Å². The van der Waals surface area contributed by atoms with Crippen LogP contribution >= 0.6 is 11.6 Å². The molecule has 0 aliphatic carbocycles. The van der Waals surface area contributed by atoms with Crippen LogP contribution in [-0.2, 0) is 9.59 Å². The molecule has 154 valence electrons. The van der Waals surface area contributed by atoms with Gasteiger partial charge in [0, 0.05) is 10.9 Å². The van der Waals surface area contributed by atoms with Crippen LogP contribution in [0.5, 0.6) is 5.75 Å². The number of amides is 2. The summed E-state index contributed by atoms with van der Waals surface area (Å²) in [5, 5.41) is 15.4. The summed E-state index contributed by atoms with van der Waals surface area (Å²) in [4.78, 5) is 26.9. The molecule has 1 heterocycles. The number of likely N-dealkylation sites (tertiary alicyclic amines) is 1. The highest BCUT2D eigenvalue weighted by atomic mass is 35.5. The SMILES string of the molecule is C[C@@H](C(=O)Nc1ccc(Cl)cc1F)N1CCC(C(=O)Nc2ccccc2O)CC1. The average molecular weight is 420 g/mol. The van der Waals surface area contributed by atoms with Crippen molar-refractivity contribution in [3.63, 3.8) is 0 Å². The van der Waals surface area contributed by atoms with E-state index in [0.29, 0.717) is 31.6 Å². The number of carbonyl (C=O) groups is 2. The van der Waals surface area contributed by atoms with Crippen LogP contribution < -0.4 is 10.6 Å². The van der Waals surface area contributed by atoms with Crippen LogP contribution in [0.1, 0.15) is 19.8 Å². The van der Waals surface area contributed by atoms with Gasteiger partial charge in [-0.05, 0) is 63.2 Å². The summed E-state index contributed by atoms with van der Waals surface area (Å²) in [5.41, 5.74) is 0.473. The fourth-order valence-corrected chi connectivity index (χ4v) is 3.52. The second kappa shape index (κ2) is 9.24. The molecule has 2 aromatic rings. The molecule has 1 aliphatic rings. The zero-order valence-electron chi connectivity index (χ0n) is 16.0. The molecule has 0 unspecified atom stereocenters. The lowest BCUT2D eigenvalue weighted by Crippen LogP contribution is -2.47. The fraction of sp³-hybridized carbons (Fsp3) is 0.333. The van der Waals surface area contributed by atoms with Gasteiger partial charge in [0.2, 0.25) is 11.8 Å². The van der Waals surface area contributed by atoms with Crippen molar-refractivity contribution < 1.29 is 19.1 Å². The molecule has 0 spiro atoms. The highest BCUT2D eigenvalue weighted by Crippen LogP contribution is 2.26. The van der Waals surface area contributed by atoms with Crippen molar-refractivity contribution in [3.8, 4) is 5.75 Å².